The second-order valence-corrected chi connectivity index (χ2v) is 5.39. The van der Waals surface area contributed by atoms with Gasteiger partial charge in [0.05, 0.1) is 0 Å². The van der Waals surface area contributed by atoms with Gasteiger partial charge in [-0.2, -0.15) is 5.26 Å². The Balaban J connectivity index is 1.50. The largest absolute Gasteiger partial charge is 0.479 e. The summed E-state index contributed by atoms with van der Waals surface area (Å²) in [5.74, 6) is 3.15. The van der Waals surface area contributed by atoms with Crippen molar-refractivity contribution >= 4 is 5.69 Å². The van der Waals surface area contributed by atoms with E-state index in [1.54, 1.807) is 0 Å². The van der Waals surface area contributed by atoms with Crippen molar-refractivity contribution in [2.75, 3.05) is 18.5 Å². The third-order valence-corrected chi connectivity index (χ3v) is 4.14. The summed E-state index contributed by atoms with van der Waals surface area (Å²) in [4.78, 5) is 0. The molecule has 98 valence electrons. The van der Waals surface area contributed by atoms with E-state index in [1.807, 2.05) is 30.3 Å². The number of nitrogens with one attached hydrogen (secondary N) is 1. The minimum absolute atomic E-state index is 0.101. The van der Waals surface area contributed by atoms with Crippen LogP contribution in [0.25, 0.3) is 0 Å². The topological polar surface area (TPSA) is 45.0 Å². The first-order valence-electron chi connectivity index (χ1n) is 6.87. The van der Waals surface area contributed by atoms with Gasteiger partial charge in [0.25, 0.3) is 0 Å². The number of nitriles is 1. The molecule has 3 unspecified atom stereocenters. The number of benzene rings is 1. The third kappa shape index (κ3) is 2.73. The normalized spacial score (nSPS) is 27.2. The molecule has 1 N–H and O–H groups in total. The van der Waals surface area contributed by atoms with E-state index in [0.717, 1.165) is 35.7 Å². The molecule has 1 aromatic rings. The molecule has 0 spiro atoms. The second kappa shape index (κ2) is 5.36. The predicted molar refractivity (Wildman–Crippen MR) is 74.9 cm³/mol. The summed E-state index contributed by atoms with van der Waals surface area (Å²) in [6.45, 7) is 1.15. The Morgan fingerprint density at radius 1 is 1.21 bits per heavy atom. The monoisotopic (exact) mass is 254 g/mol. The molecule has 1 saturated carbocycles. The Bertz CT molecular complexity index is 500. The van der Waals surface area contributed by atoms with Gasteiger partial charge in [0, 0.05) is 12.2 Å². The number of ether oxygens (including phenoxy) is 1. The first-order chi connectivity index (χ1) is 9.35. The Morgan fingerprint density at radius 2 is 2.05 bits per heavy atom. The van der Waals surface area contributed by atoms with Crippen molar-refractivity contribution in [3.05, 3.63) is 36.4 Å². The zero-order chi connectivity index (χ0) is 13.1. The molecule has 3 rings (SSSR count). The average Bonchev–Trinajstić information content (AvgIpc) is 3.06. The zero-order valence-electron chi connectivity index (χ0n) is 10.9. The van der Waals surface area contributed by atoms with Crippen LogP contribution in [0.2, 0.25) is 0 Å². The van der Waals surface area contributed by atoms with E-state index in [9.17, 15) is 0 Å². The minimum Gasteiger partial charge on any atom is -0.479 e. The maximum atomic E-state index is 8.45. The van der Waals surface area contributed by atoms with Crippen molar-refractivity contribution in [3.63, 3.8) is 0 Å². The molecule has 0 radical (unpaired) electrons. The number of hydrogen-bond acceptors (Lipinski definition) is 3. The summed E-state index contributed by atoms with van der Waals surface area (Å²) in [7, 11) is 0. The van der Waals surface area contributed by atoms with Gasteiger partial charge in [-0.15, -0.1) is 0 Å². The summed E-state index contributed by atoms with van der Waals surface area (Å²) in [5.41, 5.74) is 1.12. The van der Waals surface area contributed by atoms with Crippen LogP contribution in [0.5, 0.6) is 5.75 Å². The highest BCUT2D eigenvalue weighted by atomic mass is 16.5. The first kappa shape index (κ1) is 12.1. The summed E-state index contributed by atoms with van der Waals surface area (Å²) in [5, 5.41) is 11.9. The number of rotatable bonds is 5. The standard InChI is InChI=1S/C16H18N2O/c17-7-8-19-16-5-3-15(4-6-16)18-11-14-10-12-1-2-13(14)9-12/h1-6,12-14,18H,8-11H2. The van der Waals surface area contributed by atoms with Crippen LogP contribution >= 0.6 is 0 Å². The molecule has 1 aromatic carbocycles. The highest BCUT2D eigenvalue weighted by Crippen LogP contribution is 2.43. The molecule has 3 heteroatoms. The second-order valence-electron chi connectivity index (χ2n) is 5.39. The molecular weight excluding hydrogens is 236 g/mol. The fraction of sp³-hybridized carbons (Fsp3) is 0.438. The van der Waals surface area contributed by atoms with Crippen LogP contribution in [0.15, 0.2) is 36.4 Å². The van der Waals surface area contributed by atoms with Crippen LogP contribution in [0.3, 0.4) is 0 Å². The van der Waals surface area contributed by atoms with Crippen molar-refractivity contribution in [1.82, 2.24) is 0 Å². The van der Waals surface area contributed by atoms with E-state index < -0.39 is 0 Å². The van der Waals surface area contributed by atoms with Crippen LogP contribution in [-0.2, 0) is 0 Å². The van der Waals surface area contributed by atoms with Crippen molar-refractivity contribution in [1.29, 1.82) is 5.26 Å². The molecule has 0 heterocycles. The quantitative estimate of drug-likeness (QED) is 0.821. The molecular formula is C16H18N2O. The van der Waals surface area contributed by atoms with Gasteiger partial charge >= 0.3 is 0 Å². The fourth-order valence-electron chi connectivity index (χ4n) is 3.16. The molecule has 0 aliphatic heterocycles. The first-order valence-corrected chi connectivity index (χ1v) is 6.87. The maximum absolute atomic E-state index is 8.45. The average molecular weight is 254 g/mol. The van der Waals surface area contributed by atoms with Crippen molar-refractivity contribution < 1.29 is 4.74 Å². The Hall–Kier alpha value is -1.95. The lowest BCUT2D eigenvalue weighted by Crippen LogP contribution is -2.18. The summed E-state index contributed by atoms with van der Waals surface area (Å²) < 4.78 is 5.23. The molecule has 0 saturated heterocycles. The highest BCUT2D eigenvalue weighted by molar-refractivity contribution is 5.46. The molecule has 3 nitrogen and oxygen atoms in total. The van der Waals surface area contributed by atoms with E-state index in [-0.39, 0.29) is 6.61 Å². The number of nitrogens with zero attached hydrogens (tertiary/aromatic N) is 1. The Kier molecular flexibility index (Phi) is 3.41. The lowest BCUT2D eigenvalue weighted by Gasteiger charge is -2.19. The van der Waals surface area contributed by atoms with Gasteiger partial charge in [-0.3, -0.25) is 0 Å². The number of allylic oxidation sites excluding steroid dienone is 2. The van der Waals surface area contributed by atoms with E-state index >= 15 is 0 Å². The predicted octanol–water partition coefficient (Wildman–Crippen LogP) is 3.21. The SMILES string of the molecule is N#CCOc1ccc(NCC2CC3C=CC2C3)cc1. The number of hydrogen-bond donors (Lipinski definition) is 1. The van der Waals surface area contributed by atoms with E-state index in [4.69, 9.17) is 10.00 Å². The van der Waals surface area contributed by atoms with Crippen LogP contribution in [0, 0.1) is 29.1 Å². The summed E-state index contributed by atoms with van der Waals surface area (Å²) in [6.07, 6.45) is 7.45. The molecule has 0 aromatic heterocycles. The molecule has 2 aliphatic rings. The van der Waals surface area contributed by atoms with Gasteiger partial charge in [-0.1, -0.05) is 12.2 Å². The molecule has 2 bridgehead atoms. The molecule has 19 heavy (non-hydrogen) atoms. The smallest absolute Gasteiger partial charge is 0.174 e. The molecule has 1 fully saturated rings. The fourth-order valence-corrected chi connectivity index (χ4v) is 3.16. The van der Waals surface area contributed by atoms with Gasteiger partial charge in [-0.05, 0) is 54.9 Å². The maximum Gasteiger partial charge on any atom is 0.174 e. The molecule has 3 atom stereocenters. The van der Waals surface area contributed by atoms with E-state index in [0.29, 0.717) is 0 Å². The van der Waals surface area contributed by atoms with E-state index in [1.165, 1.54) is 12.8 Å². The lowest BCUT2D eigenvalue weighted by molar-refractivity contribution is 0.368. The van der Waals surface area contributed by atoms with Gasteiger partial charge in [-0.25, -0.2) is 0 Å². The number of anilines is 1. The summed E-state index contributed by atoms with van der Waals surface area (Å²) >= 11 is 0. The third-order valence-electron chi connectivity index (χ3n) is 4.14. The lowest BCUT2D eigenvalue weighted by atomic mass is 9.93. The van der Waals surface area contributed by atoms with Crippen LogP contribution in [-0.4, -0.2) is 13.2 Å². The summed E-state index contributed by atoms with van der Waals surface area (Å²) in [6, 6.07) is 9.79. The Morgan fingerprint density at radius 3 is 2.68 bits per heavy atom. The van der Waals surface area contributed by atoms with E-state index in [2.05, 4.69) is 17.5 Å². The zero-order valence-corrected chi connectivity index (χ0v) is 10.9. The number of fused-ring (bicyclic) bond motifs is 2. The molecule has 2 aliphatic carbocycles. The van der Waals surface area contributed by atoms with Crippen LogP contribution < -0.4 is 10.1 Å². The van der Waals surface area contributed by atoms with Crippen molar-refractivity contribution in [3.8, 4) is 11.8 Å². The van der Waals surface area contributed by atoms with Gasteiger partial charge in [0.2, 0.25) is 0 Å². The minimum atomic E-state index is 0.101. The van der Waals surface area contributed by atoms with Crippen LogP contribution in [0.4, 0.5) is 5.69 Å². The van der Waals surface area contributed by atoms with Gasteiger partial charge < -0.3 is 10.1 Å². The van der Waals surface area contributed by atoms with Crippen LogP contribution in [0.1, 0.15) is 12.8 Å². The van der Waals surface area contributed by atoms with Crippen molar-refractivity contribution in [2.24, 2.45) is 17.8 Å². The van der Waals surface area contributed by atoms with Gasteiger partial charge in [0.1, 0.15) is 11.8 Å². The van der Waals surface area contributed by atoms with Crippen molar-refractivity contribution in [2.45, 2.75) is 12.8 Å². The molecule has 0 amide bonds. The van der Waals surface area contributed by atoms with Gasteiger partial charge in [0.15, 0.2) is 6.61 Å². The Labute approximate surface area is 113 Å². The highest BCUT2D eigenvalue weighted by Gasteiger charge is 2.35.